The number of hydrogen-bond acceptors (Lipinski definition) is 8. The van der Waals surface area contributed by atoms with E-state index in [9.17, 15) is 23.2 Å². The van der Waals surface area contributed by atoms with Crippen LogP contribution in [0.1, 0.15) is 64.7 Å². The van der Waals surface area contributed by atoms with E-state index < -0.39 is 28.0 Å². The third kappa shape index (κ3) is 12.8. The molecule has 3 atom stereocenters. The zero-order chi connectivity index (χ0) is 21.5. The fraction of sp³-hybridized carbons (Fsp3) is 0.944. The molecule has 0 aromatic heterocycles. The van der Waals surface area contributed by atoms with Gasteiger partial charge in [0.05, 0.1) is 17.3 Å². The Kier molecular flexibility index (Phi) is 13.0. The van der Waals surface area contributed by atoms with Crippen LogP contribution in [0.2, 0.25) is 0 Å². The molecule has 0 spiro atoms. The molecule has 1 fully saturated rings. The molecule has 3 unspecified atom stereocenters. The molecule has 1 aliphatic rings. The van der Waals surface area contributed by atoms with Crippen molar-refractivity contribution >= 4 is 16.1 Å². The lowest BCUT2D eigenvalue weighted by Crippen LogP contribution is -2.37. The van der Waals surface area contributed by atoms with Gasteiger partial charge in [0.15, 0.2) is 6.29 Å². The van der Waals surface area contributed by atoms with Crippen LogP contribution in [0.15, 0.2) is 4.58 Å². The van der Waals surface area contributed by atoms with Crippen LogP contribution in [0.5, 0.6) is 0 Å². The molecule has 11 heteroatoms. The number of carbonyl (C=O) groups excluding carboxylic acids is 1. The Labute approximate surface area is 172 Å². The summed E-state index contributed by atoms with van der Waals surface area (Å²) < 4.78 is 40.0. The maximum atomic E-state index is 11.6. The van der Waals surface area contributed by atoms with Gasteiger partial charge in [0.2, 0.25) is 0 Å². The largest absolute Gasteiger partial charge is 0.447 e. The van der Waals surface area contributed by atoms with Gasteiger partial charge in [-0.25, -0.2) is 13.2 Å². The number of sulfonamides is 1. The lowest BCUT2D eigenvalue weighted by atomic mass is 10.1. The van der Waals surface area contributed by atoms with Gasteiger partial charge in [-0.15, -0.1) is 4.91 Å². The van der Waals surface area contributed by atoms with Crippen LogP contribution >= 0.6 is 0 Å². The predicted octanol–water partition coefficient (Wildman–Crippen LogP) is 2.44. The monoisotopic (exact) mass is 438 g/mol. The number of aliphatic hydroxyl groups is 1. The molecule has 1 heterocycles. The number of nitrogens with one attached hydrogen (secondary N) is 1. The van der Waals surface area contributed by atoms with Crippen molar-refractivity contribution in [3.8, 4) is 0 Å². The van der Waals surface area contributed by atoms with Crippen molar-refractivity contribution in [1.29, 1.82) is 0 Å². The van der Waals surface area contributed by atoms with Crippen LogP contribution in [0, 0.1) is 4.91 Å². The van der Waals surface area contributed by atoms with E-state index in [2.05, 4.69) is 12.2 Å². The van der Waals surface area contributed by atoms with E-state index >= 15 is 0 Å². The molecule has 0 saturated carbocycles. The molecule has 1 amide bonds. The van der Waals surface area contributed by atoms with E-state index in [1.165, 1.54) is 38.5 Å². The first kappa shape index (κ1) is 25.7. The first-order chi connectivity index (χ1) is 13.9. The van der Waals surface area contributed by atoms with Crippen LogP contribution in [-0.4, -0.2) is 63.6 Å². The Bertz CT molecular complexity index is 572. The molecule has 0 bridgehead atoms. The van der Waals surface area contributed by atoms with Gasteiger partial charge in [-0.05, 0) is 12.8 Å². The maximum absolute atomic E-state index is 11.6. The topological polar surface area (TPSA) is 141 Å². The maximum Gasteiger partial charge on any atom is 0.407 e. The van der Waals surface area contributed by atoms with Gasteiger partial charge in [0.1, 0.15) is 18.5 Å². The molecule has 170 valence electrons. The van der Waals surface area contributed by atoms with Gasteiger partial charge in [-0.2, -0.15) is 0 Å². The van der Waals surface area contributed by atoms with Crippen molar-refractivity contribution in [2.45, 2.75) is 83.2 Å². The van der Waals surface area contributed by atoms with Gasteiger partial charge in [-0.1, -0.05) is 51.9 Å². The molecular formula is C18H34N2O8S. The summed E-state index contributed by atoms with van der Waals surface area (Å²) in [5, 5.41) is 11.7. The van der Waals surface area contributed by atoms with E-state index in [0.29, 0.717) is 6.61 Å². The Morgan fingerprint density at radius 2 is 1.86 bits per heavy atom. The number of nitrogens with zero attached hydrogens (tertiary/aromatic N) is 1. The number of rotatable bonds is 16. The van der Waals surface area contributed by atoms with Crippen LogP contribution in [0.25, 0.3) is 0 Å². The average Bonchev–Trinajstić information content (AvgIpc) is 3.14. The molecule has 29 heavy (non-hydrogen) atoms. The number of amides is 1. The number of alkyl carbamates (subject to hydrolysis) is 1. The second-order valence-electron chi connectivity index (χ2n) is 7.24. The van der Waals surface area contributed by atoms with E-state index in [0.717, 1.165) is 19.3 Å². The third-order valence-corrected chi connectivity index (χ3v) is 5.54. The summed E-state index contributed by atoms with van der Waals surface area (Å²) in [6, 6.07) is 0. The summed E-state index contributed by atoms with van der Waals surface area (Å²) in [6.07, 6.45) is 7.74. The van der Waals surface area contributed by atoms with Gasteiger partial charge >= 0.3 is 6.09 Å². The van der Waals surface area contributed by atoms with E-state index in [1.54, 1.807) is 0 Å². The highest BCUT2D eigenvalue weighted by molar-refractivity contribution is 7.90. The summed E-state index contributed by atoms with van der Waals surface area (Å²) in [7, 11) is -4.22. The zero-order valence-corrected chi connectivity index (χ0v) is 17.9. The Balaban J connectivity index is 2.04. The standard InChI is InChI=1S/C18H34N2O8S/c1-2-3-4-5-6-7-8-9-10-17-26-12-16(28-17)13-27-18(22)19-11-15(21)14-29(24,25)20-23/h15-17,21H,2-14H2,1H3,(H,19,22). The Morgan fingerprint density at radius 1 is 1.21 bits per heavy atom. The summed E-state index contributed by atoms with van der Waals surface area (Å²) in [5.41, 5.74) is 0. The van der Waals surface area contributed by atoms with Gasteiger partial charge < -0.3 is 24.6 Å². The summed E-state index contributed by atoms with van der Waals surface area (Å²) in [4.78, 5) is 21.6. The van der Waals surface area contributed by atoms with Crippen molar-refractivity contribution in [3.63, 3.8) is 0 Å². The summed E-state index contributed by atoms with van der Waals surface area (Å²) >= 11 is 0. The Morgan fingerprint density at radius 3 is 2.52 bits per heavy atom. The third-order valence-electron chi connectivity index (χ3n) is 4.50. The molecule has 1 saturated heterocycles. The molecule has 0 radical (unpaired) electrons. The lowest BCUT2D eigenvalue weighted by molar-refractivity contribution is -0.0710. The highest BCUT2D eigenvalue weighted by atomic mass is 32.2. The number of hydrogen-bond donors (Lipinski definition) is 2. The quantitative estimate of drug-likeness (QED) is 0.276. The van der Waals surface area contributed by atoms with E-state index in [-0.39, 0.29) is 25.5 Å². The molecule has 1 rings (SSSR count). The predicted molar refractivity (Wildman–Crippen MR) is 107 cm³/mol. The minimum absolute atomic E-state index is 0.00987. The molecule has 0 aromatic carbocycles. The van der Waals surface area contributed by atoms with Crippen LogP contribution in [0.3, 0.4) is 0 Å². The van der Waals surface area contributed by atoms with Gasteiger partial charge in [0.25, 0.3) is 10.0 Å². The van der Waals surface area contributed by atoms with Crippen molar-refractivity contribution in [2.24, 2.45) is 4.58 Å². The first-order valence-electron chi connectivity index (χ1n) is 10.3. The molecule has 0 aliphatic carbocycles. The van der Waals surface area contributed by atoms with E-state index in [4.69, 9.17) is 14.2 Å². The lowest BCUT2D eigenvalue weighted by Gasteiger charge is -2.13. The van der Waals surface area contributed by atoms with Crippen molar-refractivity contribution in [1.82, 2.24) is 5.32 Å². The Hall–Kier alpha value is -1.30. The van der Waals surface area contributed by atoms with Gasteiger partial charge in [0, 0.05) is 6.54 Å². The van der Waals surface area contributed by atoms with Crippen molar-refractivity contribution in [2.75, 3.05) is 25.5 Å². The number of aliphatic hydroxyl groups excluding tert-OH is 1. The van der Waals surface area contributed by atoms with E-state index in [1.807, 2.05) is 4.58 Å². The molecular weight excluding hydrogens is 404 g/mol. The number of ether oxygens (including phenoxy) is 3. The number of unbranched alkanes of at least 4 members (excludes halogenated alkanes) is 7. The van der Waals surface area contributed by atoms with Crippen molar-refractivity contribution < 1.29 is 32.5 Å². The molecule has 2 N–H and O–H groups in total. The minimum Gasteiger partial charge on any atom is -0.447 e. The van der Waals surface area contributed by atoms with Crippen LogP contribution in [0.4, 0.5) is 4.79 Å². The normalized spacial score (nSPS) is 20.3. The molecule has 10 nitrogen and oxygen atoms in total. The SMILES string of the molecule is CCCCCCCCCCC1OCC(COC(=O)NCC(O)CS(=O)(=O)N=O)O1. The first-order valence-corrected chi connectivity index (χ1v) is 11.9. The van der Waals surface area contributed by atoms with Crippen molar-refractivity contribution in [3.05, 3.63) is 4.91 Å². The molecule has 1 aliphatic heterocycles. The molecule has 0 aromatic rings. The second kappa shape index (κ2) is 14.6. The second-order valence-corrected chi connectivity index (χ2v) is 8.89. The fourth-order valence-corrected chi connectivity index (χ4v) is 3.61. The number of nitroso groups, excluding NO2 is 1. The zero-order valence-electron chi connectivity index (χ0n) is 17.1. The smallest absolute Gasteiger partial charge is 0.407 e. The number of carbonyl (C=O) groups is 1. The fourth-order valence-electron chi connectivity index (χ4n) is 2.94. The van der Waals surface area contributed by atoms with Crippen LogP contribution < -0.4 is 5.32 Å². The highest BCUT2D eigenvalue weighted by Crippen LogP contribution is 2.18. The van der Waals surface area contributed by atoms with Gasteiger partial charge in [-0.3, -0.25) is 0 Å². The average molecular weight is 439 g/mol. The minimum atomic E-state index is -4.22. The highest BCUT2D eigenvalue weighted by Gasteiger charge is 2.27. The van der Waals surface area contributed by atoms with Crippen LogP contribution in [-0.2, 0) is 24.2 Å². The summed E-state index contributed by atoms with van der Waals surface area (Å²) in [6.45, 7) is 2.16. The summed E-state index contributed by atoms with van der Waals surface area (Å²) in [5.74, 6) is -0.864.